The van der Waals surface area contributed by atoms with E-state index >= 15 is 0 Å². The van der Waals surface area contributed by atoms with Crippen LogP contribution in [-0.4, -0.2) is 46.6 Å². The molecule has 1 heterocycles. The minimum atomic E-state index is -1.24. The van der Waals surface area contributed by atoms with Gasteiger partial charge in [0.15, 0.2) is 0 Å². The summed E-state index contributed by atoms with van der Waals surface area (Å²) < 4.78 is 5.02. The first-order valence-electron chi connectivity index (χ1n) is 7.84. The summed E-state index contributed by atoms with van der Waals surface area (Å²) in [4.78, 5) is 36.8. The maximum atomic E-state index is 12.3. The van der Waals surface area contributed by atoms with E-state index in [0.29, 0.717) is 13.0 Å². The van der Waals surface area contributed by atoms with Gasteiger partial charge < -0.3 is 20.1 Å². The number of carboxylic acid groups (broad SMARTS) is 1. The Morgan fingerprint density at radius 3 is 2.62 bits per heavy atom. The maximum absolute atomic E-state index is 12.3. The molecular formula is C17H22N2O5. The van der Waals surface area contributed by atoms with Gasteiger partial charge in [-0.25, -0.2) is 9.59 Å². The topological polar surface area (TPSA) is 95.9 Å². The van der Waals surface area contributed by atoms with Gasteiger partial charge in [0.2, 0.25) is 5.91 Å². The summed E-state index contributed by atoms with van der Waals surface area (Å²) in [6, 6.07) is 9.17. The number of hydrogen-bond acceptors (Lipinski definition) is 4. The number of aliphatic carboxylic acids is 1. The lowest BCUT2D eigenvalue weighted by molar-refractivity contribution is -0.157. The third kappa shape index (κ3) is 3.67. The number of rotatable bonds is 5. The highest BCUT2D eigenvalue weighted by Gasteiger charge is 2.50. The van der Waals surface area contributed by atoms with Gasteiger partial charge in [-0.15, -0.1) is 0 Å². The Morgan fingerprint density at radius 1 is 1.33 bits per heavy atom. The van der Waals surface area contributed by atoms with Gasteiger partial charge in [0.05, 0.1) is 0 Å². The molecule has 2 N–H and O–H groups in total. The van der Waals surface area contributed by atoms with Gasteiger partial charge in [-0.05, 0) is 24.8 Å². The molecule has 24 heavy (non-hydrogen) atoms. The third-order valence-corrected chi connectivity index (χ3v) is 4.64. The van der Waals surface area contributed by atoms with Crippen molar-refractivity contribution in [2.24, 2.45) is 5.92 Å². The van der Waals surface area contributed by atoms with Crippen LogP contribution in [0.25, 0.3) is 0 Å². The van der Waals surface area contributed by atoms with Gasteiger partial charge in [0, 0.05) is 6.54 Å². The molecule has 2 amide bonds. The second-order valence-electron chi connectivity index (χ2n) is 6.10. The van der Waals surface area contributed by atoms with Gasteiger partial charge in [0.25, 0.3) is 0 Å². The van der Waals surface area contributed by atoms with Crippen LogP contribution in [0.3, 0.4) is 0 Å². The van der Waals surface area contributed by atoms with E-state index in [2.05, 4.69) is 5.32 Å². The number of nitrogens with one attached hydrogen (secondary N) is 1. The number of ether oxygens (including phenoxy) is 1. The molecule has 0 radical (unpaired) electrons. The zero-order chi connectivity index (χ0) is 17.7. The number of likely N-dealkylation sites (tertiary alicyclic amines) is 1. The average molecular weight is 334 g/mol. The Bertz CT molecular complexity index is 619. The lowest BCUT2D eigenvalue weighted by atomic mass is 9.88. The van der Waals surface area contributed by atoms with Gasteiger partial charge in [-0.1, -0.05) is 37.3 Å². The van der Waals surface area contributed by atoms with Gasteiger partial charge >= 0.3 is 12.1 Å². The molecule has 1 fully saturated rings. The van der Waals surface area contributed by atoms with Crippen molar-refractivity contribution in [1.82, 2.24) is 10.2 Å². The van der Waals surface area contributed by atoms with E-state index in [1.165, 1.54) is 4.90 Å². The van der Waals surface area contributed by atoms with Gasteiger partial charge in [0.1, 0.15) is 18.7 Å². The van der Waals surface area contributed by atoms with Crippen LogP contribution in [0, 0.1) is 5.92 Å². The summed E-state index contributed by atoms with van der Waals surface area (Å²) >= 11 is 0. The molecule has 2 rings (SSSR count). The number of alkyl carbamates (subject to hydrolysis) is 1. The quantitative estimate of drug-likeness (QED) is 0.853. The molecule has 0 aromatic heterocycles. The Hall–Kier alpha value is -2.57. The molecule has 1 saturated heterocycles. The molecule has 7 heteroatoms. The van der Waals surface area contributed by atoms with Crippen molar-refractivity contribution in [3.63, 3.8) is 0 Å². The number of amides is 2. The van der Waals surface area contributed by atoms with E-state index in [1.807, 2.05) is 37.3 Å². The number of hydrogen-bond donors (Lipinski definition) is 2. The molecule has 0 aliphatic carbocycles. The van der Waals surface area contributed by atoms with Crippen molar-refractivity contribution in [2.45, 2.75) is 32.4 Å². The molecule has 2 atom stereocenters. The molecule has 1 aromatic rings. The lowest BCUT2D eigenvalue weighted by Crippen LogP contribution is -2.55. The molecule has 1 aromatic carbocycles. The van der Waals surface area contributed by atoms with Gasteiger partial charge in [-0.2, -0.15) is 0 Å². The largest absolute Gasteiger partial charge is 0.479 e. The fourth-order valence-corrected chi connectivity index (χ4v) is 2.83. The molecule has 1 unspecified atom stereocenters. The lowest BCUT2D eigenvalue weighted by Gasteiger charge is -2.34. The standard InChI is InChI=1S/C17H22N2O5/c1-12-8-9-19(17(12,2)15(21)22)14(20)10-18-16(23)24-11-13-6-4-3-5-7-13/h3-7,12H,8-11H2,1-2H3,(H,18,23)(H,21,22)/t12?,17-/m0/s1. The molecular weight excluding hydrogens is 312 g/mol. The summed E-state index contributed by atoms with van der Waals surface area (Å²) in [7, 11) is 0. The van der Waals surface area contributed by atoms with Crippen LogP contribution >= 0.6 is 0 Å². The second-order valence-corrected chi connectivity index (χ2v) is 6.10. The predicted molar refractivity (Wildman–Crippen MR) is 86.2 cm³/mol. The van der Waals surface area contributed by atoms with Crippen LogP contribution in [0.2, 0.25) is 0 Å². The van der Waals surface area contributed by atoms with Crippen molar-refractivity contribution in [3.05, 3.63) is 35.9 Å². The molecule has 0 bridgehead atoms. The fourth-order valence-electron chi connectivity index (χ4n) is 2.83. The zero-order valence-electron chi connectivity index (χ0n) is 13.8. The smallest absolute Gasteiger partial charge is 0.407 e. The molecule has 0 spiro atoms. The SMILES string of the molecule is CC1CCN(C(=O)CNC(=O)OCc2ccccc2)[C@]1(C)C(=O)O. The Labute approximate surface area is 140 Å². The second kappa shape index (κ2) is 7.33. The van der Waals surface area contributed by atoms with Crippen LogP contribution in [0.5, 0.6) is 0 Å². The predicted octanol–water partition coefficient (Wildman–Crippen LogP) is 1.62. The van der Waals surface area contributed by atoms with Crippen molar-refractivity contribution < 1.29 is 24.2 Å². The number of nitrogens with zero attached hydrogens (tertiary/aromatic N) is 1. The van der Waals surface area contributed by atoms with Crippen LogP contribution in [0.4, 0.5) is 4.79 Å². The van der Waals surface area contributed by atoms with Crippen LogP contribution in [-0.2, 0) is 20.9 Å². The molecule has 130 valence electrons. The highest BCUT2D eigenvalue weighted by atomic mass is 16.5. The summed E-state index contributed by atoms with van der Waals surface area (Å²) in [6.45, 7) is 3.53. The Morgan fingerprint density at radius 2 is 2.00 bits per heavy atom. The van der Waals surface area contributed by atoms with Crippen molar-refractivity contribution in [1.29, 1.82) is 0 Å². The van der Waals surface area contributed by atoms with E-state index in [9.17, 15) is 19.5 Å². The first-order chi connectivity index (χ1) is 11.4. The molecule has 0 saturated carbocycles. The number of carbonyl (C=O) groups excluding carboxylic acids is 2. The maximum Gasteiger partial charge on any atom is 0.407 e. The monoisotopic (exact) mass is 334 g/mol. The number of benzene rings is 1. The fraction of sp³-hybridized carbons (Fsp3) is 0.471. The van der Waals surface area contributed by atoms with Crippen molar-refractivity contribution in [2.75, 3.05) is 13.1 Å². The molecule has 1 aliphatic rings. The average Bonchev–Trinajstić information content (AvgIpc) is 2.88. The highest BCUT2D eigenvalue weighted by molar-refractivity contribution is 5.89. The van der Waals surface area contributed by atoms with Gasteiger partial charge in [-0.3, -0.25) is 4.79 Å². The van der Waals surface area contributed by atoms with E-state index < -0.39 is 23.5 Å². The van der Waals surface area contributed by atoms with E-state index in [-0.39, 0.29) is 19.1 Å². The summed E-state index contributed by atoms with van der Waals surface area (Å²) in [6.07, 6.45) is -0.0935. The van der Waals surface area contributed by atoms with Crippen LogP contribution < -0.4 is 5.32 Å². The highest BCUT2D eigenvalue weighted by Crippen LogP contribution is 2.34. The molecule has 1 aliphatic heterocycles. The van der Waals surface area contributed by atoms with Crippen LogP contribution in [0.1, 0.15) is 25.8 Å². The minimum Gasteiger partial charge on any atom is -0.479 e. The summed E-state index contributed by atoms with van der Waals surface area (Å²) in [5.41, 5.74) is -0.405. The van der Waals surface area contributed by atoms with E-state index in [1.54, 1.807) is 6.92 Å². The third-order valence-electron chi connectivity index (χ3n) is 4.64. The Kier molecular flexibility index (Phi) is 5.43. The molecule has 7 nitrogen and oxygen atoms in total. The number of carboxylic acids is 1. The normalized spacial score (nSPS) is 22.9. The first kappa shape index (κ1) is 17.8. The van der Waals surface area contributed by atoms with Crippen molar-refractivity contribution in [3.8, 4) is 0 Å². The summed E-state index contributed by atoms with van der Waals surface area (Å²) in [5, 5.41) is 11.8. The van der Waals surface area contributed by atoms with Crippen molar-refractivity contribution >= 4 is 18.0 Å². The number of carbonyl (C=O) groups is 3. The first-order valence-corrected chi connectivity index (χ1v) is 7.84. The minimum absolute atomic E-state index is 0.106. The van der Waals surface area contributed by atoms with Crippen LogP contribution in [0.15, 0.2) is 30.3 Å². The van der Waals surface area contributed by atoms with E-state index in [0.717, 1.165) is 5.56 Å². The Balaban J connectivity index is 1.84. The van der Waals surface area contributed by atoms with E-state index in [4.69, 9.17) is 4.74 Å². The zero-order valence-corrected chi connectivity index (χ0v) is 13.8. The summed E-state index contributed by atoms with van der Waals surface area (Å²) in [5.74, 6) is -1.61.